The van der Waals surface area contributed by atoms with E-state index in [1.165, 1.54) is 0 Å². The van der Waals surface area contributed by atoms with E-state index in [1.807, 2.05) is 0 Å². The molecule has 1 aromatic carbocycles. The molecule has 218 valence electrons. The molecule has 15 nitrogen and oxygen atoms in total. The van der Waals surface area contributed by atoms with E-state index in [9.17, 15) is 39.0 Å². The van der Waals surface area contributed by atoms with Crippen LogP contribution >= 0.6 is 0 Å². The third kappa shape index (κ3) is 9.67. The van der Waals surface area contributed by atoms with Gasteiger partial charge in [-0.1, -0.05) is 18.2 Å². The molecule has 4 unspecified atom stereocenters. The predicted molar refractivity (Wildman–Crippen MR) is 141 cm³/mol. The Kier molecular flexibility index (Phi) is 12.0. The number of carbonyl (C=O) groups is 6. The summed E-state index contributed by atoms with van der Waals surface area (Å²) >= 11 is 0. The van der Waals surface area contributed by atoms with Crippen molar-refractivity contribution in [3.05, 3.63) is 36.0 Å². The lowest BCUT2D eigenvalue weighted by molar-refractivity contribution is -0.143. The van der Waals surface area contributed by atoms with Gasteiger partial charge in [0.2, 0.25) is 17.7 Å². The van der Waals surface area contributed by atoms with Gasteiger partial charge in [-0.05, 0) is 37.4 Å². The Balaban J connectivity index is 2.31. The minimum absolute atomic E-state index is 0.0885. The zero-order chi connectivity index (χ0) is 29.8. The Hall–Kier alpha value is -4.50. The average molecular weight is 563 g/mol. The maximum Gasteiger partial charge on any atom is 0.326 e. The van der Waals surface area contributed by atoms with E-state index < -0.39 is 72.6 Å². The Labute approximate surface area is 228 Å². The van der Waals surface area contributed by atoms with Gasteiger partial charge in [0.25, 0.3) is 0 Å². The smallest absolute Gasteiger partial charge is 0.326 e. The van der Waals surface area contributed by atoms with Gasteiger partial charge in [0.05, 0.1) is 18.9 Å². The predicted octanol–water partition coefficient (Wildman–Crippen LogP) is -1.34. The molecule has 0 fully saturated rings. The van der Waals surface area contributed by atoms with Crippen molar-refractivity contribution >= 4 is 46.5 Å². The maximum absolute atomic E-state index is 13.3. The molecule has 3 amide bonds. The first kappa shape index (κ1) is 31.7. The van der Waals surface area contributed by atoms with E-state index in [-0.39, 0.29) is 12.8 Å². The monoisotopic (exact) mass is 562 g/mol. The molecular formula is C25H34N6O9. The zero-order valence-corrected chi connectivity index (χ0v) is 21.6. The quantitative estimate of drug-likeness (QED) is 0.102. The van der Waals surface area contributed by atoms with Crippen LogP contribution in [0.1, 0.15) is 37.7 Å². The molecule has 1 aromatic heterocycles. The van der Waals surface area contributed by atoms with Crippen LogP contribution in [-0.2, 0) is 35.2 Å². The Morgan fingerprint density at radius 1 is 0.800 bits per heavy atom. The molecule has 15 heteroatoms. The number of rotatable bonds is 17. The third-order valence-electron chi connectivity index (χ3n) is 6.04. The highest BCUT2D eigenvalue weighted by Gasteiger charge is 2.32. The van der Waals surface area contributed by atoms with Gasteiger partial charge in [-0.25, -0.2) is 4.79 Å². The van der Waals surface area contributed by atoms with Crippen molar-refractivity contribution in [3.8, 4) is 0 Å². The van der Waals surface area contributed by atoms with Crippen LogP contribution < -0.4 is 27.4 Å². The highest BCUT2D eigenvalue weighted by molar-refractivity contribution is 5.96. The topological polar surface area (TPSA) is 267 Å². The first-order valence-electron chi connectivity index (χ1n) is 12.5. The Morgan fingerprint density at radius 3 is 2.02 bits per heavy atom. The number of benzene rings is 1. The lowest BCUT2D eigenvalue weighted by Gasteiger charge is -2.24. The second-order valence-corrected chi connectivity index (χ2v) is 9.17. The van der Waals surface area contributed by atoms with Crippen molar-refractivity contribution < 1.29 is 44.1 Å². The van der Waals surface area contributed by atoms with Crippen LogP contribution in [0.3, 0.4) is 0 Å². The van der Waals surface area contributed by atoms with Crippen LogP contribution in [0.2, 0.25) is 0 Å². The van der Waals surface area contributed by atoms with Crippen molar-refractivity contribution in [1.29, 1.82) is 0 Å². The van der Waals surface area contributed by atoms with Crippen molar-refractivity contribution in [2.45, 2.75) is 62.7 Å². The lowest BCUT2D eigenvalue weighted by Crippen LogP contribution is -2.58. The van der Waals surface area contributed by atoms with Gasteiger partial charge in [-0.2, -0.15) is 0 Å². The fraction of sp³-hybridized carbons (Fsp3) is 0.440. The number of aromatic nitrogens is 1. The van der Waals surface area contributed by atoms with E-state index in [0.717, 1.165) is 10.9 Å². The number of aliphatic carboxylic acids is 3. The zero-order valence-electron chi connectivity index (χ0n) is 21.6. The number of carboxylic acids is 3. The molecule has 1 heterocycles. The summed E-state index contributed by atoms with van der Waals surface area (Å²) in [5.74, 6) is -7.11. The highest BCUT2D eigenvalue weighted by atomic mass is 16.4. The van der Waals surface area contributed by atoms with Crippen LogP contribution in [0.5, 0.6) is 0 Å². The second-order valence-electron chi connectivity index (χ2n) is 9.17. The summed E-state index contributed by atoms with van der Waals surface area (Å²) in [6, 6.07) is 1.23. The molecule has 11 N–H and O–H groups in total. The minimum atomic E-state index is -1.71. The molecule has 2 rings (SSSR count). The van der Waals surface area contributed by atoms with Gasteiger partial charge in [-0.15, -0.1) is 0 Å². The standard InChI is InChI=1S/C25H34N6O9/c26-8-4-3-7-17(25(39)40)29-23(37)18(9-13-12-28-16-6-2-1-5-14(13)16)31-24(38)19(11-21(34)35)30-22(36)15(27)10-20(32)33/h1-2,5-6,12,15,17-19,28H,3-4,7-11,26-27H2,(H,29,37)(H,30,36)(H,31,38)(H,32,33)(H,34,35)(H,39,40). The average Bonchev–Trinajstić information content (AvgIpc) is 3.29. The van der Waals surface area contributed by atoms with Gasteiger partial charge < -0.3 is 47.7 Å². The van der Waals surface area contributed by atoms with Gasteiger partial charge in [0.15, 0.2) is 0 Å². The Morgan fingerprint density at radius 2 is 1.40 bits per heavy atom. The molecule has 0 saturated heterocycles. The van der Waals surface area contributed by atoms with Crippen LogP contribution in [-0.4, -0.2) is 86.6 Å². The number of unbranched alkanes of at least 4 members (excludes halogenated alkanes) is 1. The first-order chi connectivity index (χ1) is 18.9. The Bertz CT molecular complexity index is 1230. The van der Waals surface area contributed by atoms with E-state index in [0.29, 0.717) is 24.9 Å². The van der Waals surface area contributed by atoms with Crippen LogP contribution in [0.15, 0.2) is 30.5 Å². The van der Waals surface area contributed by atoms with E-state index in [1.54, 1.807) is 30.5 Å². The third-order valence-corrected chi connectivity index (χ3v) is 6.04. The number of nitrogens with one attached hydrogen (secondary N) is 4. The summed E-state index contributed by atoms with van der Waals surface area (Å²) in [6.45, 7) is 0.340. The molecular weight excluding hydrogens is 528 g/mol. The largest absolute Gasteiger partial charge is 0.481 e. The summed E-state index contributed by atoms with van der Waals surface area (Å²) in [4.78, 5) is 75.8. The molecule has 0 bridgehead atoms. The van der Waals surface area contributed by atoms with Crippen molar-refractivity contribution in [1.82, 2.24) is 20.9 Å². The molecule has 40 heavy (non-hydrogen) atoms. The highest BCUT2D eigenvalue weighted by Crippen LogP contribution is 2.19. The second kappa shape index (κ2) is 15.2. The number of H-pyrrole nitrogens is 1. The fourth-order valence-electron chi connectivity index (χ4n) is 3.97. The van der Waals surface area contributed by atoms with Gasteiger partial charge in [0, 0.05) is 23.5 Å². The molecule has 4 atom stereocenters. The summed E-state index contributed by atoms with van der Waals surface area (Å²) in [5, 5.41) is 35.4. The number of fused-ring (bicyclic) bond motifs is 1. The summed E-state index contributed by atoms with van der Waals surface area (Å²) in [6.07, 6.45) is 0.907. The van der Waals surface area contributed by atoms with Gasteiger partial charge in [0.1, 0.15) is 18.1 Å². The SMILES string of the molecule is NCCCCC(NC(=O)C(Cc1c[nH]c2ccccc12)NC(=O)C(CC(=O)O)NC(=O)C(N)CC(=O)O)C(=O)O. The van der Waals surface area contributed by atoms with Gasteiger partial charge >= 0.3 is 17.9 Å². The summed E-state index contributed by atoms with van der Waals surface area (Å²) < 4.78 is 0. The van der Waals surface area contributed by atoms with E-state index >= 15 is 0 Å². The molecule has 0 aliphatic rings. The molecule has 0 radical (unpaired) electrons. The molecule has 0 spiro atoms. The van der Waals surface area contributed by atoms with E-state index in [4.69, 9.17) is 16.6 Å². The number of carboxylic acid groups (broad SMARTS) is 3. The molecule has 2 aromatic rings. The number of aromatic amines is 1. The normalized spacial score (nSPS) is 13.9. The summed E-state index contributed by atoms with van der Waals surface area (Å²) in [7, 11) is 0. The van der Waals surface area contributed by atoms with Crippen LogP contribution in [0.4, 0.5) is 0 Å². The number of nitrogens with two attached hydrogens (primary N) is 2. The number of hydrogen-bond donors (Lipinski definition) is 9. The maximum atomic E-state index is 13.3. The number of hydrogen-bond acceptors (Lipinski definition) is 8. The molecule has 0 saturated carbocycles. The first-order valence-corrected chi connectivity index (χ1v) is 12.5. The van der Waals surface area contributed by atoms with Crippen molar-refractivity contribution in [3.63, 3.8) is 0 Å². The number of carbonyl (C=O) groups excluding carboxylic acids is 3. The molecule has 0 aliphatic carbocycles. The number of amides is 3. The summed E-state index contributed by atoms with van der Waals surface area (Å²) in [5.41, 5.74) is 12.3. The lowest BCUT2D eigenvalue weighted by atomic mass is 10.0. The van der Waals surface area contributed by atoms with Crippen LogP contribution in [0, 0.1) is 0 Å². The van der Waals surface area contributed by atoms with Crippen molar-refractivity contribution in [2.24, 2.45) is 11.5 Å². The minimum Gasteiger partial charge on any atom is -0.481 e. The molecule has 0 aliphatic heterocycles. The van der Waals surface area contributed by atoms with E-state index in [2.05, 4.69) is 20.9 Å². The van der Waals surface area contributed by atoms with Gasteiger partial charge in [-0.3, -0.25) is 24.0 Å². The fourth-order valence-corrected chi connectivity index (χ4v) is 3.97. The number of para-hydroxylation sites is 1. The van der Waals surface area contributed by atoms with Crippen molar-refractivity contribution in [2.75, 3.05) is 6.54 Å². The van der Waals surface area contributed by atoms with Crippen LogP contribution in [0.25, 0.3) is 10.9 Å².